The van der Waals surface area contributed by atoms with E-state index in [-0.39, 0.29) is 17.9 Å². The number of amides is 2. The third-order valence-electron chi connectivity index (χ3n) is 4.84. The molecule has 2 aliphatic carbocycles. The largest absolute Gasteiger partial charge is 0.481 e. The minimum Gasteiger partial charge on any atom is -0.481 e. The first-order valence-corrected chi connectivity index (χ1v) is 7.67. The van der Waals surface area contributed by atoms with Crippen LogP contribution in [-0.2, 0) is 4.79 Å². The molecule has 0 bridgehead atoms. The third-order valence-corrected chi connectivity index (χ3v) is 4.84. The number of carbonyl (C=O) groups is 2. The smallest absolute Gasteiger partial charge is 0.314 e. The third kappa shape index (κ3) is 4.39. The Kier molecular flexibility index (Phi) is 4.55. The molecule has 0 aromatic heterocycles. The molecule has 114 valence electrons. The van der Waals surface area contributed by atoms with Gasteiger partial charge in [-0.3, -0.25) is 4.79 Å². The van der Waals surface area contributed by atoms with E-state index < -0.39 is 5.97 Å². The molecule has 3 N–H and O–H groups in total. The monoisotopic (exact) mass is 282 g/mol. The molecule has 2 aliphatic rings. The summed E-state index contributed by atoms with van der Waals surface area (Å²) in [6, 6.07) is -0.159. The zero-order valence-electron chi connectivity index (χ0n) is 12.3. The van der Waals surface area contributed by atoms with Gasteiger partial charge in [0.1, 0.15) is 0 Å². The summed E-state index contributed by atoms with van der Waals surface area (Å²) in [6.45, 7) is 3.35. The zero-order valence-corrected chi connectivity index (χ0v) is 12.3. The first-order chi connectivity index (χ1) is 9.43. The lowest BCUT2D eigenvalue weighted by Gasteiger charge is -2.36. The fourth-order valence-corrected chi connectivity index (χ4v) is 3.05. The van der Waals surface area contributed by atoms with Gasteiger partial charge in [-0.2, -0.15) is 0 Å². The first kappa shape index (κ1) is 15.1. The van der Waals surface area contributed by atoms with Gasteiger partial charge in [-0.05, 0) is 36.5 Å². The fraction of sp³-hybridized carbons (Fsp3) is 0.867. The Morgan fingerprint density at radius 3 is 2.15 bits per heavy atom. The molecule has 0 aromatic rings. The molecule has 20 heavy (non-hydrogen) atoms. The number of rotatable bonds is 6. The summed E-state index contributed by atoms with van der Waals surface area (Å²) >= 11 is 0. The summed E-state index contributed by atoms with van der Waals surface area (Å²) in [5, 5.41) is 14.9. The summed E-state index contributed by atoms with van der Waals surface area (Å²) in [4.78, 5) is 22.9. The molecule has 0 atom stereocenters. The molecule has 2 fully saturated rings. The van der Waals surface area contributed by atoms with Crippen molar-refractivity contribution in [1.82, 2.24) is 10.6 Å². The minimum absolute atomic E-state index is 0.158. The predicted octanol–water partition coefficient (Wildman–Crippen LogP) is 2.51. The molecular formula is C15H26N2O3. The van der Waals surface area contributed by atoms with E-state index >= 15 is 0 Å². The molecule has 5 heteroatoms. The van der Waals surface area contributed by atoms with Crippen molar-refractivity contribution in [2.45, 2.75) is 58.3 Å². The number of carboxylic acids is 1. The molecular weight excluding hydrogens is 256 g/mol. The van der Waals surface area contributed by atoms with Crippen molar-refractivity contribution in [2.75, 3.05) is 13.1 Å². The number of nitrogens with one attached hydrogen (secondary N) is 2. The molecule has 0 saturated heterocycles. The quantitative estimate of drug-likeness (QED) is 0.700. The van der Waals surface area contributed by atoms with Crippen LogP contribution in [0.3, 0.4) is 0 Å². The van der Waals surface area contributed by atoms with Crippen LogP contribution in [0.4, 0.5) is 4.79 Å². The molecule has 0 spiro atoms. The summed E-state index contributed by atoms with van der Waals surface area (Å²) < 4.78 is 0. The van der Waals surface area contributed by atoms with E-state index in [9.17, 15) is 9.59 Å². The average Bonchev–Trinajstić information content (AvgIpc) is 3.13. The highest BCUT2D eigenvalue weighted by Crippen LogP contribution is 2.44. The summed E-state index contributed by atoms with van der Waals surface area (Å²) in [5.41, 5.74) is 0.0475. The van der Waals surface area contributed by atoms with Crippen LogP contribution in [-0.4, -0.2) is 30.2 Å². The molecule has 0 heterocycles. The lowest BCUT2D eigenvalue weighted by atomic mass is 9.72. The van der Waals surface area contributed by atoms with Gasteiger partial charge in [0.05, 0.1) is 6.42 Å². The lowest BCUT2D eigenvalue weighted by molar-refractivity contribution is -0.140. The van der Waals surface area contributed by atoms with Crippen molar-refractivity contribution in [1.29, 1.82) is 0 Å². The highest BCUT2D eigenvalue weighted by Gasteiger charge is 2.38. The standard InChI is InChI=1S/C15H26N2O3/c1-14(7-8-14)10-16-13(20)17-11-15(9-12(18)19)5-3-2-4-6-15/h2-11H2,1H3,(H,18,19)(H2,16,17,20). The van der Waals surface area contributed by atoms with Crippen molar-refractivity contribution in [2.24, 2.45) is 10.8 Å². The number of hydrogen-bond acceptors (Lipinski definition) is 2. The molecule has 0 radical (unpaired) electrons. The molecule has 0 aliphatic heterocycles. The van der Waals surface area contributed by atoms with E-state index in [0.717, 1.165) is 25.7 Å². The van der Waals surface area contributed by atoms with Gasteiger partial charge in [-0.25, -0.2) is 4.79 Å². The number of carbonyl (C=O) groups excluding carboxylic acids is 1. The number of hydrogen-bond donors (Lipinski definition) is 3. The molecule has 0 aromatic carbocycles. The van der Waals surface area contributed by atoms with Crippen LogP contribution < -0.4 is 10.6 Å². The van der Waals surface area contributed by atoms with E-state index in [0.29, 0.717) is 18.5 Å². The van der Waals surface area contributed by atoms with E-state index in [1.165, 1.54) is 19.3 Å². The van der Waals surface area contributed by atoms with Gasteiger partial charge in [0.2, 0.25) is 0 Å². The highest BCUT2D eigenvalue weighted by atomic mass is 16.4. The second-order valence-electron chi connectivity index (χ2n) is 6.98. The van der Waals surface area contributed by atoms with Gasteiger partial charge < -0.3 is 15.7 Å². The highest BCUT2D eigenvalue weighted by molar-refractivity contribution is 5.74. The number of aliphatic carboxylic acids is 1. The lowest BCUT2D eigenvalue weighted by Crippen LogP contribution is -2.45. The Labute approximate surface area is 120 Å². The van der Waals surface area contributed by atoms with Gasteiger partial charge in [-0.1, -0.05) is 26.2 Å². The zero-order chi connectivity index (χ0) is 14.6. The molecule has 2 amide bonds. The van der Waals surface area contributed by atoms with Crippen molar-refractivity contribution >= 4 is 12.0 Å². The SMILES string of the molecule is CC1(CNC(=O)NCC2(CC(=O)O)CCCCC2)CC1. The Morgan fingerprint density at radius 2 is 1.60 bits per heavy atom. The van der Waals surface area contributed by atoms with Crippen LogP contribution >= 0.6 is 0 Å². The Bertz CT molecular complexity index is 371. The Hall–Kier alpha value is -1.26. The van der Waals surface area contributed by atoms with Gasteiger partial charge in [0.25, 0.3) is 0 Å². The summed E-state index contributed by atoms with van der Waals surface area (Å²) in [5.74, 6) is -0.764. The summed E-state index contributed by atoms with van der Waals surface area (Å²) in [6.07, 6.45) is 7.61. The molecule has 0 unspecified atom stereocenters. The molecule has 2 saturated carbocycles. The topological polar surface area (TPSA) is 78.4 Å². The average molecular weight is 282 g/mol. The van der Waals surface area contributed by atoms with Crippen LogP contribution in [0.2, 0.25) is 0 Å². The van der Waals surface area contributed by atoms with Gasteiger partial charge in [0.15, 0.2) is 0 Å². The van der Waals surface area contributed by atoms with Crippen molar-refractivity contribution in [3.05, 3.63) is 0 Å². The normalized spacial score (nSPS) is 22.9. The molecule has 5 nitrogen and oxygen atoms in total. The van der Waals surface area contributed by atoms with Gasteiger partial charge in [0, 0.05) is 13.1 Å². The van der Waals surface area contributed by atoms with Gasteiger partial charge in [-0.15, -0.1) is 0 Å². The van der Waals surface area contributed by atoms with Crippen LogP contribution in [0.5, 0.6) is 0 Å². The maximum absolute atomic E-state index is 11.8. The van der Waals surface area contributed by atoms with E-state index in [1.54, 1.807) is 0 Å². The maximum atomic E-state index is 11.8. The first-order valence-electron chi connectivity index (χ1n) is 7.67. The van der Waals surface area contributed by atoms with Crippen LogP contribution in [0, 0.1) is 10.8 Å². The van der Waals surface area contributed by atoms with Crippen molar-refractivity contribution in [3.63, 3.8) is 0 Å². The summed E-state index contributed by atoms with van der Waals surface area (Å²) in [7, 11) is 0. The molecule has 2 rings (SSSR count). The van der Waals surface area contributed by atoms with Gasteiger partial charge >= 0.3 is 12.0 Å². The second-order valence-corrected chi connectivity index (χ2v) is 6.98. The maximum Gasteiger partial charge on any atom is 0.314 e. The van der Waals surface area contributed by atoms with E-state index in [1.807, 2.05) is 0 Å². The Balaban J connectivity index is 1.78. The van der Waals surface area contributed by atoms with Crippen molar-refractivity contribution in [3.8, 4) is 0 Å². The predicted molar refractivity (Wildman–Crippen MR) is 76.5 cm³/mol. The van der Waals surface area contributed by atoms with Crippen LogP contribution in [0.1, 0.15) is 58.3 Å². The number of carboxylic acid groups (broad SMARTS) is 1. The van der Waals surface area contributed by atoms with E-state index in [2.05, 4.69) is 17.6 Å². The van der Waals surface area contributed by atoms with Crippen molar-refractivity contribution < 1.29 is 14.7 Å². The van der Waals surface area contributed by atoms with E-state index in [4.69, 9.17) is 5.11 Å². The van der Waals surface area contributed by atoms with Crippen LogP contribution in [0.15, 0.2) is 0 Å². The Morgan fingerprint density at radius 1 is 1.00 bits per heavy atom. The second kappa shape index (κ2) is 6.02. The number of urea groups is 1. The van der Waals surface area contributed by atoms with Crippen LogP contribution in [0.25, 0.3) is 0 Å². The minimum atomic E-state index is -0.764. The fourth-order valence-electron chi connectivity index (χ4n) is 3.05.